The van der Waals surface area contributed by atoms with E-state index in [9.17, 15) is 35.1 Å². The molecule has 0 nitrogen and oxygen atoms in total. The minimum absolute atomic E-state index is 0.0625. The molecule has 0 amide bonds. The topological polar surface area (TPSA) is 0 Å². The van der Waals surface area contributed by atoms with Crippen molar-refractivity contribution in [3.63, 3.8) is 0 Å². The summed E-state index contributed by atoms with van der Waals surface area (Å²) in [7, 11) is 0. The summed E-state index contributed by atoms with van der Waals surface area (Å²) in [5.74, 6) is -4.56. The minimum atomic E-state index is -5.40. The van der Waals surface area contributed by atoms with Crippen molar-refractivity contribution in [1.82, 2.24) is 0 Å². The zero-order valence-corrected chi connectivity index (χ0v) is 6.81. The van der Waals surface area contributed by atoms with Crippen molar-refractivity contribution in [3.8, 4) is 0 Å². The molecule has 0 aromatic rings. The number of halogens is 8. The molecule has 0 N–H and O–H groups in total. The van der Waals surface area contributed by atoms with Crippen LogP contribution >= 0.6 is 0 Å². The van der Waals surface area contributed by atoms with Gasteiger partial charge in [-0.15, -0.1) is 0 Å². The SMILES string of the molecule is C=CC(F)(F)F.CC(F)(F)C(F)(F)F. The Labute approximate surface area is 74.2 Å². The van der Waals surface area contributed by atoms with Crippen molar-refractivity contribution in [2.45, 2.75) is 25.2 Å². The molecule has 0 saturated carbocycles. The quantitative estimate of drug-likeness (QED) is 0.436. The fourth-order valence-electron chi connectivity index (χ4n) is 0. The Bertz CT molecular complexity index is 156. The second-order valence-corrected chi connectivity index (χ2v) is 2.13. The van der Waals surface area contributed by atoms with E-state index in [1.165, 1.54) is 0 Å². The molecular weight excluding hydrogens is 224 g/mol. The lowest BCUT2D eigenvalue weighted by Gasteiger charge is -2.12. The normalized spacial score (nSPS) is 12.9. The van der Waals surface area contributed by atoms with Crippen LogP contribution < -0.4 is 0 Å². The standard InChI is InChI=1S/C3H3F5.C3H3F3/c1-2(4,5)3(6,7)8;1-2-3(4,5)6/h1H3;2H,1H2. The van der Waals surface area contributed by atoms with Crippen LogP contribution in [0.15, 0.2) is 12.7 Å². The summed E-state index contributed by atoms with van der Waals surface area (Å²) in [6, 6.07) is 0. The van der Waals surface area contributed by atoms with E-state index in [1.54, 1.807) is 0 Å². The summed E-state index contributed by atoms with van der Waals surface area (Å²) in [6.07, 6.45) is -9.65. The molecule has 0 aromatic carbocycles. The van der Waals surface area contributed by atoms with Gasteiger partial charge in [-0.2, -0.15) is 35.1 Å². The minimum Gasteiger partial charge on any atom is -0.197 e. The second kappa shape index (κ2) is 4.61. The Morgan fingerprint density at radius 3 is 1.00 bits per heavy atom. The van der Waals surface area contributed by atoms with Crippen LogP contribution in [0.2, 0.25) is 0 Å². The molecule has 0 spiro atoms. The molecule has 86 valence electrons. The van der Waals surface area contributed by atoms with Crippen LogP contribution in [-0.4, -0.2) is 18.3 Å². The van der Waals surface area contributed by atoms with E-state index in [4.69, 9.17) is 0 Å². The first-order chi connectivity index (χ1) is 5.81. The van der Waals surface area contributed by atoms with E-state index >= 15 is 0 Å². The summed E-state index contributed by atoms with van der Waals surface area (Å²) in [6.45, 7) is 2.32. The van der Waals surface area contributed by atoms with Crippen molar-refractivity contribution in [1.29, 1.82) is 0 Å². The smallest absolute Gasteiger partial charge is 0.197 e. The van der Waals surface area contributed by atoms with Gasteiger partial charge < -0.3 is 0 Å². The van der Waals surface area contributed by atoms with Gasteiger partial charge in [0, 0.05) is 13.0 Å². The molecule has 0 aliphatic heterocycles. The maximum atomic E-state index is 11.1. The van der Waals surface area contributed by atoms with Crippen molar-refractivity contribution < 1.29 is 35.1 Å². The third-order valence-corrected chi connectivity index (χ3v) is 0.729. The first-order valence-corrected chi connectivity index (χ1v) is 2.96. The number of alkyl halides is 8. The van der Waals surface area contributed by atoms with Gasteiger partial charge in [-0.05, 0) is 0 Å². The molecule has 0 radical (unpaired) electrons. The van der Waals surface area contributed by atoms with E-state index in [1.807, 2.05) is 0 Å². The van der Waals surface area contributed by atoms with Crippen molar-refractivity contribution in [2.24, 2.45) is 0 Å². The van der Waals surface area contributed by atoms with E-state index in [-0.39, 0.29) is 13.0 Å². The molecule has 0 rings (SSSR count). The van der Waals surface area contributed by atoms with Gasteiger partial charge in [0.2, 0.25) is 0 Å². The Hall–Kier alpha value is -0.820. The monoisotopic (exact) mass is 230 g/mol. The molecule has 0 bridgehead atoms. The van der Waals surface area contributed by atoms with E-state index in [0.29, 0.717) is 0 Å². The zero-order chi connectivity index (χ0) is 12.2. The Kier molecular flexibility index (Phi) is 5.15. The maximum absolute atomic E-state index is 11.1. The molecule has 0 atom stereocenters. The fourth-order valence-corrected chi connectivity index (χ4v) is 0. The number of hydrogen-bond donors (Lipinski definition) is 0. The van der Waals surface area contributed by atoms with Crippen molar-refractivity contribution in [2.75, 3.05) is 0 Å². The van der Waals surface area contributed by atoms with E-state index in [0.717, 1.165) is 0 Å². The van der Waals surface area contributed by atoms with Crippen LogP contribution in [0.5, 0.6) is 0 Å². The fraction of sp³-hybridized carbons (Fsp3) is 0.667. The summed E-state index contributed by atoms with van der Waals surface area (Å²) in [4.78, 5) is 0. The van der Waals surface area contributed by atoms with Gasteiger partial charge in [-0.25, -0.2) is 0 Å². The molecule has 0 heterocycles. The van der Waals surface area contributed by atoms with Crippen LogP contribution in [0.4, 0.5) is 35.1 Å². The number of hydrogen-bond acceptors (Lipinski definition) is 0. The highest BCUT2D eigenvalue weighted by atomic mass is 19.4. The van der Waals surface area contributed by atoms with Crippen LogP contribution in [0.25, 0.3) is 0 Å². The summed E-state index contributed by atoms with van der Waals surface area (Å²) in [5, 5.41) is 0. The second-order valence-electron chi connectivity index (χ2n) is 2.13. The third-order valence-electron chi connectivity index (χ3n) is 0.729. The third kappa shape index (κ3) is 9.27. The molecule has 0 aliphatic carbocycles. The zero-order valence-electron chi connectivity index (χ0n) is 6.81. The van der Waals surface area contributed by atoms with Gasteiger partial charge in [0.05, 0.1) is 0 Å². The Balaban J connectivity index is 0. The van der Waals surface area contributed by atoms with Crippen LogP contribution in [0.3, 0.4) is 0 Å². The van der Waals surface area contributed by atoms with Gasteiger partial charge in [-0.3, -0.25) is 0 Å². The van der Waals surface area contributed by atoms with Crippen molar-refractivity contribution in [3.05, 3.63) is 12.7 Å². The lowest BCUT2D eigenvalue weighted by molar-refractivity contribution is -0.273. The lowest BCUT2D eigenvalue weighted by atomic mass is 10.4. The van der Waals surface area contributed by atoms with E-state index in [2.05, 4.69) is 6.58 Å². The highest BCUT2D eigenvalue weighted by Crippen LogP contribution is 2.34. The average Bonchev–Trinajstić information content (AvgIpc) is 1.82. The van der Waals surface area contributed by atoms with Crippen LogP contribution in [-0.2, 0) is 0 Å². The molecule has 0 aromatic heterocycles. The maximum Gasteiger partial charge on any atom is 0.452 e. The van der Waals surface area contributed by atoms with Gasteiger partial charge in [-0.1, -0.05) is 6.58 Å². The predicted octanol–water partition coefficient (Wildman–Crippen LogP) is 3.94. The highest BCUT2D eigenvalue weighted by molar-refractivity contribution is 4.75. The lowest BCUT2D eigenvalue weighted by Crippen LogP contribution is -2.32. The van der Waals surface area contributed by atoms with E-state index < -0.39 is 18.3 Å². The summed E-state index contributed by atoms with van der Waals surface area (Å²) in [5.41, 5.74) is 0. The summed E-state index contributed by atoms with van der Waals surface area (Å²) >= 11 is 0. The predicted molar refractivity (Wildman–Crippen MR) is 32.9 cm³/mol. The molecule has 8 heteroatoms. The van der Waals surface area contributed by atoms with Crippen LogP contribution in [0.1, 0.15) is 6.92 Å². The molecule has 0 aliphatic rings. The Morgan fingerprint density at radius 1 is 0.857 bits per heavy atom. The molecule has 0 saturated heterocycles. The highest BCUT2D eigenvalue weighted by Gasteiger charge is 2.52. The average molecular weight is 230 g/mol. The first-order valence-electron chi connectivity index (χ1n) is 2.96. The number of rotatable bonds is 0. The molecular formula is C6H6F8. The van der Waals surface area contributed by atoms with Crippen molar-refractivity contribution >= 4 is 0 Å². The summed E-state index contributed by atoms with van der Waals surface area (Å²) < 4.78 is 86.6. The molecule has 14 heavy (non-hydrogen) atoms. The molecule has 0 unspecified atom stereocenters. The Morgan fingerprint density at radius 2 is 1.00 bits per heavy atom. The first kappa shape index (κ1) is 15.6. The van der Waals surface area contributed by atoms with Gasteiger partial charge in [0.1, 0.15) is 0 Å². The van der Waals surface area contributed by atoms with Gasteiger partial charge >= 0.3 is 18.3 Å². The van der Waals surface area contributed by atoms with Gasteiger partial charge in [0.15, 0.2) is 0 Å². The van der Waals surface area contributed by atoms with Gasteiger partial charge in [0.25, 0.3) is 0 Å². The largest absolute Gasteiger partial charge is 0.452 e. The number of allylic oxidation sites excluding steroid dienone is 1. The van der Waals surface area contributed by atoms with Crippen LogP contribution in [0, 0.1) is 0 Å². The molecule has 0 fully saturated rings.